The second-order valence-electron chi connectivity index (χ2n) is 6.50. The average molecular weight is 484 g/mol. The lowest BCUT2D eigenvalue weighted by molar-refractivity contribution is -0.142. The van der Waals surface area contributed by atoms with Crippen molar-refractivity contribution in [1.82, 2.24) is 29.7 Å². The van der Waals surface area contributed by atoms with Crippen LogP contribution in [0.1, 0.15) is 26.7 Å². The van der Waals surface area contributed by atoms with Gasteiger partial charge in [-0.05, 0) is 17.5 Å². The van der Waals surface area contributed by atoms with Crippen LogP contribution in [0.25, 0.3) is 16.2 Å². The summed E-state index contributed by atoms with van der Waals surface area (Å²) in [5.74, 6) is -1.49. The number of nitrogens with zero attached hydrogens (tertiary/aromatic N) is 5. The largest absolute Gasteiger partial charge is 0.433 e. The van der Waals surface area contributed by atoms with Gasteiger partial charge in [-0.1, -0.05) is 17.7 Å². The lowest BCUT2D eigenvalue weighted by Gasteiger charge is -2.10. The monoisotopic (exact) mass is 483 g/mol. The molecule has 0 saturated carbocycles. The molecule has 0 atom stereocenters. The molecule has 32 heavy (non-hydrogen) atoms. The van der Waals surface area contributed by atoms with Gasteiger partial charge in [0.2, 0.25) is 0 Å². The first-order chi connectivity index (χ1) is 15.1. The molecule has 2 amide bonds. The Morgan fingerprint density at radius 2 is 1.94 bits per heavy atom. The number of alkyl halides is 3. The van der Waals surface area contributed by atoms with E-state index in [1.807, 2.05) is 0 Å². The van der Waals surface area contributed by atoms with Crippen LogP contribution in [0.15, 0.2) is 29.8 Å². The van der Waals surface area contributed by atoms with E-state index in [9.17, 15) is 22.8 Å². The number of halogens is 4. The molecule has 4 aromatic heterocycles. The number of amides is 2. The van der Waals surface area contributed by atoms with Gasteiger partial charge in [-0.3, -0.25) is 14.3 Å². The molecule has 0 aromatic carbocycles. The molecule has 0 saturated heterocycles. The van der Waals surface area contributed by atoms with E-state index < -0.39 is 29.4 Å². The molecule has 0 aliphatic rings. The van der Waals surface area contributed by atoms with E-state index in [0.29, 0.717) is 9.39 Å². The first-order valence-corrected chi connectivity index (χ1v) is 10.1. The molecular formula is C18H13ClF3N7O2S. The Labute approximate surface area is 186 Å². The van der Waals surface area contributed by atoms with Gasteiger partial charge in [0, 0.05) is 20.3 Å². The predicted molar refractivity (Wildman–Crippen MR) is 111 cm³/mol. The minimum atomic E-state index is -4.79. The summed E-state index contributed by atoms with van der Waals surface area (Å²) in [6.45, 7) is 0. The van der Waals surface area contributed by atoms with Crippen molar-refractivity contribution < 1.29 is 22.8 Å². The van der Waals surface area contributed by atoms with Gasteiger partial charge in [0.05, 0.1) is 16.3 Å². The molecule has 9 nitrogen and oxygen atoms in total. The highest BCUT2D eigenvalue weighted by Gasteiger charge is 2.37. The van der Waals surface area contributed by atoms with Crippen LogP contribution in [-0.4, -0.2) is 43.2 Å². The van der Waals surface area contributed by atoms with Crippen molar-refractivity contribution in [3.63, 3.8) is 0 Å². The van der Waals surface area contributed by atoms with Gasteiger partial charge in [-0.15, -0.1) is 11.3 Å². The molecule has 0 aliphatic carbocycles. The highest BCUT2D eigenvalue weighted by molar-refractivity contribution is 7.13. The van der Waals surface area contributed by atoms with Gasteiger partial charge in [-0.25, -0.2) is 9.50 Å². The molecule has 0 fully saturated rings. The maximum atomic E-state index is 13.7. The van der Waals surface area contributed by atoms with Crippen molar-refractivity contribution in [3.05, 3.63) is 51.9 Å². The van der Waals surface area contributed by atoms with Gasteiger partial charge in [0.25, 0.3) is 11.8 Å². The van der Waals surface area contributed by atoms with E-state index in [1.165, 1.54) is 36.3 Å². The summed E-state index contributed by atoms with van der Waals surface area (Å²) in [5.41, 5.74) is -1.96. The van der Waals surface area contributed by atoms with Crippen molar-refractivity contribution in [3.8, 4) is 10.6 Å². The second-order valence-corrected chi connectivity index (χ2v) is 7.82. The second kappa shape index (κ2) is 7.91. The number of anilines is 1. The Morgan fingerprint density at radius 1 is 1.19 bits per heavy atom. The third-order valence-electron chi connectivity index (χ3n) is 4.33. The Kier molecular flexibility index (Phi) is 5.38. The summed E-state index contributed by atoms with van der Waals surface area (Å²) in [5, 5.41) is 13.8. The van der Waals surface area contributed by atoms with Crippen molar-refractivity contribution in [1.29, 1.82) is 0 Å². The molecule has 4 heterocycles. The molecule has 0 bridgehead atoms. The fourth-order valence-corrected chi connectivity index (χ4v) is 3.87. The molecule has 0 unspecified atom stereocenters. The molecule has 14 heteroatoms. The van der Waals surface area contributed by atoms with E-state index in [4.69, 9.17) is 11.6 Å². The summed E-state index contributed by atoms with van der Waals surface area (Å²) in [4.78, 5) is 29.4. The topological polar surface area (TPSA) is 106 Å². The van der Waals surface area contributed by atoms with Crippen LogP contribution < -0.4 is 10.6 Å². The average Bonchev–Trinajstić information content (AvgIpc) is 3.46. The summed E-state index contributed by atoms with van der Waals surface area (Å²) in [7, 11) is 2.92. The number of carbonyl (C=O) groups excluding carboxylic acids is 2. The normalized spacial score (nSPS) is 11.7. The van der Waals surface area contributed by atoms with Crippen molar-refractivity contribution >= 4 is 46.1 Å². The molecule has 4 rings (SSSR count). The fourth-order valence-electron chi connectivity index (χ4n) is 2.94. The Bertz CT molecular complexity index is 1350. The maximum absolute atomic E-state index is 13.7. The number of nitrogens with one attached hydrogen (secondary N) is 2. The van der Waals surface area contributed by atoms with Crippen LogP contribution in [0.2, 0.25) is 5.02 Å². The predicted octanol–water partition coefficient (Wildman–Crippen LogP) is 3.48. The maximum Gasteiger partial charge on any atom is 0.433 e. The van der Waals surface area contributed by atoms with E-state index in [0.717, 1.165) is 6.07 Å². The fraction of sp³-hybridized carbons (Fsp3) is 0.167. The van der Waals surface area contributed by atoms with E-state index in [2.05, 4.69) is 25.8 Å². The van der Waals surface area contributed by atoms with Gasteiger partial charge < -0.3 is 10.6 Å². The van der Waals surface area contributed by atoms with Crippen molar-refractivity contribution in [2.24, 2.45) is 7.05 Å². The van der Waals surface area contributed by atoms with Crippen LogP contribution in [0.5, 0.6) is 0 Å². The zero-order valence-electron chi connectivity index (χ0n) is 16.4. The number of thiophene rings is 1. The standard InChI is InChI=1S/C18H13ClF3N7O2S/c1-23-16(30)13-9(7-28(2)26-13)25-17(31)14-12(19)15-24-8(10-4-3-5-32-10)6-11(18(20,21)22)29(15)27-14/h3-7H,1-2H3,(H,23,30)(H,25,31). The molecular weight excluding hydrogens is 471 g/mol. The highest BCUT2D eigenvalue weighted by Crippen LogP contribution is 2.35. The SMILES string of the molecule is CNC(=O)c1nn(C)cc1NC(=O)c1nn2c(C(F)(F)F)cc(-c3cccs3)nc2c1Cl. The summed E-state index contributed by atoms with van der Waals surface area (Å²) >= 11 is 7.44. The number of aromatic nitrogens is 5. The first-order valence-electron chi connectivity index (χ1n) is 8.87. The lowest BCUT2D eigenvalue weighted by atomic mass is 10.2. The van der Waals surface area contributed by atoms with Gasteiger partial charge in [-0.2, -0.15) is 23.4 Å². The minimum absolute atomic E-state index is 0.0354. The van der Waals surface area contributed by atoms with Gasteiger partial charge in [0.15, 0.2) is 22.7 Å². The quantitative estimate of drug-likeness (QED) is 0.462. The van der Waals surface area contributed by atoms with Crippen LogP contribution >= 0.6 is 22.9 Å². The Hall–Kier alpha value is -3.45. The third-order valence-corrected chi connectivity index (χ3v) is 5.57. The van der Waals surface area contributed by atoms with E-state index >= 15 is 0 Å². The summed E-state index contributed by atoms with van der Waals surface area (Å²) < 4.78 is 43.0. The molecule has 0 spiro atoms. The van der Waals surface area contributed by atoms with E-state index in [-0.39, 0.29) is 27.7 Å². The Balaban J connectivity index is 1.82. The molecule has 0 radical (unpaired) electrons. The number of hydrogen-bond acceptors (Lipinski definition) is 6. The minimum Gasteiger partial charge on any atom is -0.354 e. The number of carbonyl (C=O) groups is 2. The van der Waals surface area contributed by atoms with Crippen LogP contribution in [0.3, 0.4) is 0 Å². The van der Waals surface area contributed by atoms with E-state index in [1.54, 1.807) is 17.5 Å². The van der Waals surface area contributed by atoms with Crippen molar-refractivity contribution in [2.45, 2.75) is 6.18 Å². The van der Waals surface area contributed by atoms with Gasteiger partial charge >= 0.3 is 6.18 Å². The summed E-state index contributed by atoms with van der Waals surface area (Å²) in [6.07, 6.45) is -3.42. The zero-order valence-corrected chi connectivity index (χ0v) is 17.9. The molecule has 4 aromatic rings. The van der Waals surface area contributed by atoms with Crippen molar-refractivity contribution in [2.75, 3.05) is 12.4 Å². The number of fused-ring (bicyclic) bond motifs is 1. The lowest BCUT2D eigenvalue weighted by Crippen LogP contribution is -2.22. The third kappa shape index (κ3) is 3.80. The molecule has 0 aliphatic heterocycles. The van der Waals surface area contributed by atoms with Crippen LogP contribution in [0.4, 0.5) is 18.9 Å². The Morgan fingerprint density at radius 3 is 2.56 bits per heavy atom. The molecule has 2 N–H and O–H groups in total. The molecule has 166 valence electrons. The van der Waals surface area contributed by atoms with Crippen LogP contribution in [-0.2, 0) is 13.2 Å². The number of rotatable bonds is 4. The summed E-state index contributed by atoms with van der Waals surface area (Å²) in [6, 6.07) is 4.13. The van der Waals surface area contributed by atoms with Crippen LogP contribution in [0, 0.1) is 0 Å². The van der Waals surface area contributed by atoms with Gasteiger partial charge in [0.1, 0.15) is 5.02 Å². The highest BCUT2D eigenvalue weighted by atomic mass is 35.5. The number of aryl methyl sites for hydroxylation is 1. The number of hydrogen-bond donors (Lipinski definition) is 2. The zero-order chi connectivity index (χ0) is 23.2. The first kappa shape index (κ1) is 21.8. The smallest absolute Gasteiger partial charge is 0.354 e.